The fourth-order valence-electron chi connectivity index (χ4n) is 2.37. The minimum absolute atomic E-state index is 0.145. The Hall–Kier alpha value is -2.08. The molecule has 0 aliphatic rings. The summed E-state index contributed by atoms with van der Waals surface area (Å²) in [5.41, 5.74) is 1.57. The molecule has 0 N–H and O–H groups in total. The topological polar surface area (TPSA) is 43.1 Å². The van der Waals surface area contributed by atoms with Crippen molar-refractivity contribution >= 4 is 50.7 Å². The third-order valence-corrected chi connectivity index (χ3v) is 6.06. The van der Waals surface area contributed by atoms with E-state index in [1.54, 1.807) is 53.4 Å². The maximum absolute atomic E-state index is 12.4. The van der Waals surface area contributed by atoms with Crippen molar-refractivity contribution in [3.8, 4) is 0 Å². The van der Waals surface area contributed by atoms with Gasteiger partial charge in [-0.15, -0.1) is 11.3 Å². The van der Waals surface area contributed by atoms with Crippen LogP contribution >= 0.6 is 34.7 Å². The number of para-hydroxylation sites is 1. The van der Waals surface area contributed by atoms with E-state index in [4.69, 9.17) is 16.0 Å². The summed E-state index contributed by atoms with van der Waals surface area (Å²) < 4.78 is 7.86. The number of ketones is 1. The van der Waals surface area contributed by atoms with Crippen molar-refractivity contribution in [1.29, 1.82) is 0 Å². The molecular weight excluding hydrogens is 374 g/mol. The highest BCUT2D eigenvalue weighted by Crippen LogP contribution is 2.31. The molecule has 0 amide bonds. The molecule has 2 aromatic heterocycles. The Bertz CT molecular complexity index is 1000. The summed E-state index contributed by atoms with van der Waals surface area (Å²) in [6.45, 7) is 0. The maximum atomic E-state index is 12.4. The highest BCUT2D eigenvalue weighted by Gasteiger charge is 2.14. The molecule has 25 heavy (non-hydrogen) atoms. The zero-order chi connectivity index (χ0) is 17.2. The molecule has 0 saturated carbocycles. The summed E-state index contributed by atoms with van der Waals surface area (Å²) in [7, 11) is 0. The first-order chi connectivity index (χ1) is 12.2. The molecule has 0 atom stereocenters. The SMILES string of the molecule is O=C(c1ccc(Cl)cc1)c1ccc(CSc2nc3ccccc3s2)o1. The van der Waals surface area contributed by atoms with Crippen LogP contribution < -0.4 is 0 Å². The predicted molar refractivity (Wildman–Crippen MR) is 103 cm³/mol. The van der Waals surface area contributed by atoms with Crippen LogP contribution in [0.1, 0.15) is 21.9 Å². The number of furan rings is 1. The Morgan fingerprint density at radius 3 is 2.68 bits per heavy atom. The Kier molecular flexibility index (Phi) is 4.61. The Morgan fingerprint density at radius 2 is 1.88 bits per heavy atom. The molecule has 0 saturated heterocycles. The van der Waals surface area contributed by atoms with E-state index in [9.17, 15) is 4.79 Å². The van der Waals surface area contributed by atoms with E-state index in [1.165, 1.54) is 4.70 Å². The van der Waals surface area contributed by atoms with Crippen molar-refractivity contribution in [2.45, 2.75) is 10.1 Å². The summed E-state index contributed by atoms with van der Waals surface area (Å²) in [6, 6.07) is 18.4. The van der Waals surface area contributed by atoms with E-state index >= 15 is 0 Å². The Labute approximate surface area is 157 Å². The Morgan fingerprint density at radius 1 is 1.08 bits per heavy atom. The number of aromatic nitrogens is 1. The third-order valence-electron chi connectivity index (χ3n) is 3.60. The number of hydrogen-bond acceptors (Lipinski definition) is 5. The molecule has 6 heteroatoms. The zero-order valence-electron chi connectivity index (χ0n) is 12.9. The van der Waals surface area contributed by atoms with E-state index in [1.807, 2.05) is 24.3 Å². The van der Waals surface area contributed by atoms with E-state index < -0.39 is 0 Å². The van der Waals surface area contributed by atoms with Crippen LogP contribution in [0.5, 0.6) is 0 Å². The van der Waals surface area contributed by atoms with Gasteiger partial charge in [-0.3, -0.25) is 4.79 Å². The average Bonchev–Trinajstić information content (AvgIpc) is 3.26. The summed E-state index contributed by atoms with van der Waals surface area (Å²) in [6.07, 6.45) is 0. The van der Waals surface area contributed by atoms with Crippen LogP contribution in [-0.4, -0.2) is 10.8 Å². The van der Waals surface area contributed by atoms with Crippen LogP contribution in [0.4, 0.5) is 0 Å². The molecule has 2 aromatic carbocycles. The molecule has 2 heterocycles. The van der Waals surface area contributed by atoms with Crippen LogP contribution in [0.3, 0.4) is 0 Å². The zero-order valence-corrected chi connectivity index (χ0v) is 15.3. The molecule has 3 nitrogen and oxygen atoms in total. The van der Waals surface area contributed by atoms with Gasteiger partial charge in [-0.25, -0.2) is 4.98 Å². The van der Waals surface area contributed by atoms with E-state index in [2.05, 4.69) is 11.1 Å². The number of halogens is 1. The number of thiazole rings is 1. The lowest BCUT2D eigenvalue weighted by molar-refractivity contribution is 0.101. The van der Waals surface area contributed by atoms with Crippen LogP contribution in [0.15, 0.2) is 69.4 Å². The van der Waals surface area contributed by atoms with Gasteiger partial charge in [0, 0.05) is 10.6 Å². The number of carbonyl (C=O) groups excluding carboxylic acids is 1. The number of thioether (sulfide) groups is 1. The quantitative estimate of drug-likeness (QED) is 0.309. The van der Waals surface area contributed by atoms with Crippen LogP contribution in [0.2, 0.25) is 5.02 Å². The van der Waals surface area contributed by atoms with Gasteiger partial charge in [0.15, 0.2) is 10.1 Å². The van der Waals surface area contributed by atoms with Crippen molar-refractivity contribution in [3.05, 3.63) is 82.8 Å². The largest absolute Gasteiger partial charge is 0.457 e. The Balaban J connectivity index is 1.45. The standard InChI is InChI=1S/C19H12ClNO2S2/c20-13-7-5-12(6-8-13)18(22)16-10-9-14(23-16)11-24-19-21-15-3-1-2-4-17(15)25-19/h1-10H,11H2. The van der Waals surface area contributed by atoms with Crippen molar-refractivity contribution in [3.63, 3.8) is 0 Å². The van der Waals surface area contributed by atoms with Gasteiger partial charge in [0.25, 0.3) is 0 Å². The molecule has 0 unspecified atom stereocenters. The van der Waals surface area contributed by atoms with Gasteiger partial charge in [0.05, 0.1) is 16.0 Å². The van der Waals surface area contributed by atoms with E-state index in [0.717, 1.165) is 15.6 Å². The minimum atomic E-state index is -0.145. The number of carbonyl (C=O) groups is 1. The molecule has 0 aliphatic carbocycles. The van der Waals surface area contributed by atoms with Gasteiger partial charge in [-0.1, -0.05) is 35.5 Å². The van der Waals surface area contributed by atoms with Gasteiger partial charge in [0.2, 0.25) is 5.78 Å². The van der Waals surface area contributed by atoms with Crippen molar-refractivity contribution in [1.82, 2.24) is 4.98 Å². The third kappa shape index (κ3) is 3.63. The summed E-state index contributed by atoms with van der Waals surface area (Å²) >= 11 is 9.12. The highest BCUT2D eigenvalue weighted by molar-refractivity contribution is 8.00. The highest BCUT2D eigenvalue weighted by atomic mass is 35.5. The van der Waals surface area contributed by atoms with Gasteiger partial charge in [-0.2, -0.15) is 0 Å². The number of nitrogens with zero attached hydrogens (tertiary/aromatic N) is 1. The molecule has 4 aromatic rings. The first-order valence-electron chi connectivity index (χ1n) is 7.56. The van der Waals surface area contributed by atoms with E-state index in [-0.39, 0.29) is 5.78 Å². The number of benzene rings is 2. The average molecular weight is 386 g/mol. The minimum Gasteiger partial charge on any atom is -0.457 e. The van der Waals surface area contributed by atoms with Crippen LogP contribution in [-0.2, 0) is 5.75 Å². The fourth-order valence-corrected chi connectivity index (χ4v) is 4.46. The molecule has 0 fully saturated rings. The molecule has 0 radical (unpaired) electrons. The molecule has 0 spiro atoms. The molecular formula is C19H12ClNO2S2. The number of hydrogen-bond donors (Lipinski definition) is 0. The second-order valence-corrected chi connectivity index (χ2v) is 8.03. The lowest BCUT2D eigenvalue weighted by atomic mass is 10.1. The van der Waals surface area contributed by atoms with Gasteiger partial charge < -0.3 is 4.42 Å². The smallest absolute Gasteiger partial charge is 0.228 e. The second kappa shape index (κ2) is 7.04. The van der Waals surface area contributed by atoms with Crippen LogP contribution in [0.25, 0.3) is 10.2 Å². The van der Waals surface area contributed by atoms with E-state index in [0.29, 0.717) is 22.1 Å². The monoisotopic (exact) mass is 385 g/mol. The number of fused-ring (bicyclic) bond motifs is 1. The van der Waals surface area contributed by atoms with Crippen molar-refractivity contribution in [2.24, 2.45) is 0 Å². The van der Waals surface area contributed by atoms with Crippen molar-refractivity contribution in [2.75, 3.05) is 0 Å². The van der Waals surface area contributed by atoms with Crippen molar-refractivity contribution < 1.29 is 9.21 Å². The summed E-state index contributed by atoms with van der Waals surface area (Å²) in [5, 5.41) is 0.601. The van der Waals surface area contributed by atoms with Crippen LogP contribution in [0, 0.1) is 0 Å². The lowest BCUT2D eigenvalue weighted by Crippen LogP contribution is -1.98. The molecule has 4 rings (SSSR count). The first-order valence-corrected chi connectivity index (χ1v) is 9.74. The van der Waals surface area contributed by atoms with Gasteiger partial charge >= 0.3 is 0 Å². The maximum Gasteiger partial charge on any atom is 0.228 e. The fraction of sp³-hybridized carbons (Fsp3) is 0.0526. The normalized spacial score (nSPS) is 11.1. The van der Waals surface area contributed by atoms with Gasteiger partial charge in [0.1, 0.15) is 5.76 Å². The lowest BCUT2D eigenvalue weighted by Gasteiger charge is -1.98. The predicted octanol–water partition coefficient (Wildman–Crippen LogP) is 6.07. The van der Waals surface area contributed by atoms with Gasteiger partial charge in [-0.05, 0) is 48.5 Å². The molecule has 124 valence electrons. The molecule has 0 bridgehead atoms. The summed E-state index contributed by atoms with van der Waals surface area (Å²) in [4.78, 5) is 17.0. The first kappa shape index (κ1) is 16.4. The summed E-state index contributed by atoms with van der Waals surface area (Å²) in [5.74, 6) is 1.57. The second-order valence-electron chi connectivity index (χ2n) is 5.34. The number of rotatable bonds is 5. The molecule has 0 aliphatic heterocycles.